The van der Waals surface area contributed by atoms with Crippen molar-refractivity contribution in [3.05, 3.63) is 81.6 Å². The van der Waals surface area contributed by atoms with E-state index in [1.54, 1.807) is 55.5 Å². The molecular weight excluding hydrogens is 550 g/mol. The lowest BCUT2D eigenvalue weighted by atomic mass is 9.95. The molecule has 2 aromatic carbocycles. The maximum Gasteiger partial charge on any atom is 0.286 e. The number of amides is 1. The highest BCUT2D eigenvalue weighted by atomic mass is 16.3. The summed E-state index contributed by atoms with van der Waals surface area (Å²) in [5, 5.41) is 29.3. The van der Waals surface area contributed by atoms with Crippen molar-refractivity contribution in [2.75, 3.05) is 13.1 Å². The number of azo groups is 1. The smallest absolute Gasteiger partial charge is 0.286 e. The van der Waals surface area contributed by atoms with Gasteiger partial charge in [-0.25, -0.2) is 4.57 Å². The molecule has 0 bridgehead atoms. The SMILES string of the molecule is CCCCC(CC)CN(CC(CC)CCCC)C(=O)c1ccccc1N=Nc1c(C)c(C#N)c(O)n(-c2ccccc2)c1=O. The predicted molar refractivity (Wildman–Crippen MR) is 176 cm³/mol. The summed E-state index contributed by atoms with van der Waals surface area (Å²) in [5.74, 6) is 0.286. The Morgan fingerprint density at radius 1 is 0.909 bits per heavy atom. The molecule has 0 spiro atoms. The molecule has 8 heteroatoms. The van der Waals surface area contributed by atoms with Gasteiger partial charge in [0.2, 0.25) is 5.88 Å². The first-order chi connectivity index (χ1) is 21.3. The lowest BCUT2D eigenvalue weighted by molar-refractivity contribution is 0.0685. The third-order valence-electron chi connectivity index (χ3n) is 8.42. The molecule has 1 aromatic heterocycles. The third kappa shape index (κ3) is 8.43. The highest BCUT2D eigenvalue weighted by Crippen LogP contribution is 2.30. The number of hydrogen-bond acceptors (Lipinski definition) is 6. The zero-order valence-electron chi connectivity index (χ0n) is 26.9. The van der Waals surface area contributed by atoms with Crippen LogP contribution in [0.15, 0.2) is 69.6 Å². The summed E-state index contributed by atoms with van der Waals surface area (Å²) in [6.07, 6.45) is 8.69. The Balaban J connectivity index is 2.06. The zero-order valence-corrected chi connectivity index (χ0v) is 26.9. The second kappa shape index (κ2) is 17.1. The van der Waals surface area contributed by atoms with E-state index in [-0.39, 0.29) is 22.7 Å². The van der Waals surface area contributed by atoms with E-state index in [0.29, 0.717) is 41.9 Å². The molecule has 8 nitrogen and oxygen atoms in total. The van der Waals surface area contributed by atoms with E-state index in [1.807, 2.05) is 17.0 Å². The van der Waals surface area contributed by atoms with Gasteiger partial charge in [0, 0.05) is 18.7 Å². The van der Waals surface area contributed by atoms with Crippen LogP contribution in [0.4, 0.5) is 11.4 Å². The molecule has 3 aromatic rings. The molecule has 3 rings (SSSR count). The van der Waals surface area contributed by atoms with Crippen molar-refractivity contribution >= 4 is 17.3 Å². The van der Waals surface area contributed by atoms with Crippen molar-refractivity contribution in [1.82, 2.24) is 9.47 Å². The molecule has 1 amide bonds. The van der Waals surface area contributed by atoms with E-state index in [4.69, 9.17) is 0 Å². The Morgan fingerprint density at radius 3 is 2.02 bits per heavy atom. The Kier molecular flexibility index (Phi) is 13.3. The first-order valence-electron chi connectivity index (χ1n) is 16.0. The quantitative estimate of drug-likeness (QED) is 0.166. The normalized spacial score (nSPS) is 12.6. The standard InChI is InChI=1S/C36H47N5O3/c1-6-10-17-27(8-3)24-40(25-28(9-4)18-11-7-2)34(42)30-21-15-16-22-32(30)38-39-33-26(5)31(23-37)35(43)41(36(33)44)29-19-13-12-14-20-29/h12-16,19-22,27-28,43H,6-11,17-18,24-25H2,1-5H3. The van der Waals surface area contributed by atoms with Gasteiger partial charge in [-0.3, -0.25) is 9.59 Å². The Labute approximate surface area is 262 Å². The van der Waals surface area contributed by atoms with Crippen LogP contribution in [-0.4, -0.2) is 33.6 Å². The van der Waals surface area contributed by atoms with E-state index in [0.717, 1.165) is 55.9 Å². The van der Waals surface area contributed by atoms with Gasteiger partial charge >= 0.3 is 0 Å². The first-order valence-corrected chi connectivity index (χ1v) is 16.0. The summed E-state index contributed by atoms with van der Waals surface area (Å²) in [4.78, 5) is 29.8. The van der Waals surface area contributed by atoms with Crippen molar-refractivity contribution in [2.45, 2.75) is 86.0 Å². The largest absolute Gasteiger partial charge is 0.493 e. The van der Waals surface area contributed by atoms with Crippen LogP contribution < -0.4 is 5.56 Å². The fourth-order valence-corrected chi connectivity index (χ4v) is 5.54. The van der Waals surface area contributed by atoms with Crippen LogP contribution in [0.25, 0.3) is 5.69 Å². The average molecular weight is 598 g/mol. The van der Waals surface area contributed by atoms with E-state index in [2.05, 4.69) is 37.9 Å². The second-order valence-electron chi connectivity index (χ2n) is 11.5. The van der Waals surface area contributed by atoms with Gasteiger partial charge in [0.15, 0.2) is 5.69 Å². The minimum absolute atomic E-state index is 0.0617. The molecular formula is C36H47N5O3. The van der Waals surface area contributed by atoms with Crippen molar-refractivity contribution in [3.63, 3.8) is 0 Å². The van der Waals surface area contributed by atoms with Gasteiger partial charge in [0.25, 0.3) is 11.5 Å². The fraction of sp³-hybridized carbons (Fsp3) is 0.472. The molecule has 2 unspecified atom stereocenters. The monoisotopic (exact) mass is 597 g/mol. The van der Waals surface area contributed by atoms with E-state index < -0.39 is 11.4 Å². The van der Waals surface area contributed by atoms with Crippen molar-refractivity contribution in [2.24, 2.45) is 22.1 Å². The molecule has 2 atom stereocenters. The van der Waals surface area contributed by atoms with E-state index in [9.17, 15) is 20.0 Å². The second-order valence-corrected chi connectivity index (χ2v) is 11.5. The number of pyridine rings is 1. The summed E-state index contributed by atoms with van der Waals surface area (Å²) in [6, 6.07) is 17.7. The number of unbranched alkanes of at least 4 members (excludes halogenated alkanes) is 2. The number of hydrogen-bond donors (Lipinski definition) is 1. The number of carbonyl (C=O) groups excluding carboxylic acids is 1. The number of aromatic hydroxyl groups is 1. The molecule has 1 heterocycles. The average Bonchev–Trinajstić information content (AvgIpc) is 3.04. The van der Waals surface area contributed by atoms with Gasteiger partial charge in [0.05, 0.1) is 16.9 Å². The van der Waals surface area contributed by atoms with Gasteiger partial charge in [-0.2, -0.15) is 5.26 Å². The van der Waals surface area contributed by atoms with Crippen LogP contribution in [0, 0.1) is 30.1 Å². The van der Waals surface area contributed by atoms with Crippen LogP contribution in [0.1, 0.15) is 101 Å². The predicted octanol–water partition coefficient (Wildman–Crippen LogP) is 9.01. The first kappa shape index (κ1) is 34.2. The minimum Gasteiger partial charge on any atom is -0.493 e. The molecule has 0 saturated carbocycles. The van der Waals surface area contributed by atoms with Gasteiger partial charge in [-0.15, -0.1) is 10.2 Å². The topological polar surface area (TPSA) is 111 Å². The highest BCUT2D eigenvalue weighted by molar-refractivity contribution is 5.99. The number of benzene rings is 2. The highest BCUT2D eigenvalue weighted by Gasteiger charge is 2.25. The summed E-state index contributed by atoms with van der Waals surface area (Å²) >= 11 is 0. The van der Waals surface area contributed by atoms with Crippen molar-refractivity contribution in [3.8, 4) is 17.6 Å². The Hall–Kier alpha value is -4.25. The summed E-state index contributed by atoms with van der Waals surface area (Å²) in [5.41, 5.74) is 0.653. The fourth-order valence-electron chi connectivity index (χ4n) is 5.54. The summed E-state index contributed by atoms with van der Waals surface area (Å²) in [6.45, 7) is 11.7. The van der Waals surface area contributed by atoms with Gasteiger partial charge in [0.1, 0.15) is 11.6 Å². The lowest BCUT2D eigenvalue weighted by Crippen LogP contribution is -2.39. The summed E-state index contributed by atoms with van der Waals surface area (Å²) in [7, 11) is 0. The number of aromatic nitrogens is 1. The third-order valence-corrected chi connectivity index (χ3v) is 8.42. The van der Waals surface area contributed by atoms with Crippen LogP contribution in [0.3, 0.4) is 0 Å². The molecule has 0 saturated heterocycles. The summed E-state index contributed by atoms with van der Waals surface area (Å²) < 4.78 is 1.06. The zero-order chi connectivity index (χ0) is 32.1. The molecule has 0 radical (unpaired) electrons. The number of carbonyl (C=O) groups is 1. The maximum atomic E-state index is 14.2. The molecule has 234 valence electrons. The van der Waals surface area contributed by atoms with Crippen molar-refractivity contribution < 1.29 is 9.90 Å². The minimum atomic E-state index is -0.609. The number of para-hydroxylation sites is 1. The van der Waals surface area contributed by atoms with Crippen LogP contribution in [0.2, 0.25) is 0 Å². The van der Waals surface area contributed by atoms with Gasteiger partial charge < -0.3 is 10.0 Å². The number of rotatable bonds is 16. The molecule has 0 aliphatic heterocycles. The number of nitrogens with zero attached hydrogens (tertiary/aromatic N) is 5. The number of nitriles is 1. The Bertz CT molecular complexity index is 1490. The van der Waals surface area contributed by atoms with Crippen LogP contribution >= 0.6 is 0 Å². The molecule has 1 N–H and O–H groups in total. The molecule has 0 aliphatic carbocycles. The van der Waals surface area contributed by atoms with Gasteiger partial charge in [-0.1, -0.05) is 96.6 Å². The lowest BCUT2D eigenvalue weighted by Gasteiger charge is -2.31. The van der Waals surface area contributed by atoms with Crippen molar-refractivity contribution in [1.29, 1.82) is 5.26 Å². The molecule has 44 heavy (non-hydrogen) atoms. The Morgan fingerprint density at radius 2 is 1.48 bits per heavy atom. The maximum absolute atomic E-state index is 14.2. The van der Waals surface area contributed by atoms with Crippen LogP contribution in [0.5, 0.6) is 5.88 Å². The van der Waals surface area contributed by atoms with Gasteiger partial charge in [-0.05, 0) is 55.9 Å². The van der Waals surface area contributed by atoms with E-state index >= 15 is 0 Å². The van der Waals surface area contributed by atoms with Crippen LogP contribution in [-0.2, 0) is 0 Å². The molecule has 0 fully saturated rings. The molecule has 0 aliphatic rings. The van der Waals surface area contributed by atoms with E-state index in [1.165, 1.54) is 0 Å².